The average Bonchev–Trinajstić information content (AvgIpc) is 2.56. The number of hydrogen-bond donors (Lipinski definition) is 1. The van der Waals surface area contributed by atoms with E-state index in [1.54, 1.807) is 0 Å². The van der Waals surface area contributed by atoms with Crippen LogP contribution in [0.4, 0.5) is 13.2 Å². The smallest absolute Gasteiger partial charge is 0.325 e. The highest BCUT2D eigenvalue weighted by molar-refractivity contribution is 6.32. The molecule has 3 nitrogen and oxygen atoms in total. The Bertz CT molecular complexity index is 335. The van der Waals surface area contributed by atoms with Gasteiger partial charge in [0.2, 0.25) is 0 Å². The lowest BCUT2D eigenvalue weighted by atomic mass is 10.3. The quantitative estimate of drug-likeness (QED) is 0.848. The third-order valence-electron chi connectivity index (χ3n) is 1.52. The first-order chi connectivity index (χ1) is 8.29. The predicted octanol–water partition coefficient (Wildman–Crippen LogP) is 3.99. The van der Waals surface area contributed by atoms with Crippen LogP contribution in [0, 0.1) is 0 Å². The molecule has 1 aromatic heterocycles. The van der Waals surface area contributed by atoms with Crippen LogP contribution in [0.2, 0.25) is 5.02 Å². The van der Waals surface area contributed by atoms with Crippen LogP contribution in [0.5, 0.6) is 0 Å². The van der Waals surface area contributed by atoms with Crippen molar-refractivity contribution in [2.45, 2.75) is 46.8 Å². The lowest BCUT2D eigenvalue weighted by Crippen LogP contribution is -2.12. The minimum atomic E-state index is -4.49. The first kappa shape index (κ1) is 19.6. The van der Waals surface area contributed by atoms with Gasteiger partial charge in [0.15, 0.2) is 5.69 Å². The van der Waals surface area contributed by atoms with Crippen molar-refractivity contribution in [3.8, 4) is 0 Å². The highest BCUT2D eigenvalue weighted by atomic mass is 35.5. The molecule has 7 heteroatoms. The van der Waals surface area contributed by atoms with Crippen molar-refractivity contribution in [2.75, 3.05) is 0 Å². The predicted molar refractivity (Wildman–Crippen MR) is 68.4 cm³/mol. The maximum absolute atomic E-state index is 12.3. The summed E-state index contributed by atoms with van der Waals surface area (Å²) in [6.45, 7) is 8.14. The Morgan fingerprint density at radius 1 is 1.28 bits per heavy atom. The summed E-state index contributed by atoms with van der Waals surface area (Å²) >= 11 is 5.43. The maximum atomic E-state index is 12.3. The van der Waals surface area contributed by atoms with Crippen LogP contribution in [-0.4, -0.2) is 9.78 Å². The molecule has 0 saturated carbocycles. The summed E-state index contributed by atoms with van der Waals surface area (Å²) in [5.74, 6) is 0. The van der Waals surface area contributed by atoms with E-state index in [4.69, 9.17) is 17.3 Å². The Morgan fingerprint density at radius 3 is 1.83 bits per heavy atom. The molecule has 0 saturated heterocycles. The average molecular weight is 288 g/mol. The summed E-state index contributed by atoms with van der Waals surface area (Å²) in [4.78, 5) is 0. The van der Waals surface area contributed by atoms with Crippen molar-refractivity contribution in [1.29, 1.82) is 0 Å². The van der Waals surface area contributed by atoms with Crippen molar-refractivity contribution in [3.05, 3.63) is 16.4 Å². The molecule has 0 radical (unpaired) electrons. The van der Waals surface area contributed by atoms with Gasteiger partial charge in [-0.3, -0.25) is 4.68 Å². The number of nitrogens with zero attached hydrogens (tertiary/aromatic N) is 2. The molecule has 0 amide bonds. The standard InChI is InChI=1S/C6H7ClF3N3.C3H8.C2H6/c1-13-5(6(8,9)10)4(7)3(2-11)12-13;1-3-2;1-2/h2,11H2,1H3;3H2,1-2H3;1-2H3. The summed E-state index contributed by atoms with van der Waals surface area (Å²) < 4.78 is 37.5. The van der Waals surface area contributed by atoms with Gasteiger partial charge in [0, 0.05) is 13.6 Å². The first-order valence-corrected chi connectivity index (χ1v) is 6.15. The zero-order chi connectivity index (χ0) is 14.9. The van der Waals surface area contributed by atoms with Crippen LogP contribution in [0.3, 0.4) is 0 Å². The molecule has 1 aromatic rings. The Morgan fingerprint density at radius 2 is 1.67 bits per heavy atom. The lowest BCUT2D eigenvalue weighted by molar-refractivity contribution is -0.143. The second kappa shape index (κ2) is 9.22. The zero-order valence-electron chi connectivity index (χ0n) is 11.4. The number of hydrogen-bond acceptors (Lipinski definition) is 2. The van der Waals surface area contributed by atoms with Crippen LogP contribution < -0.4 is 5.73 Å². The summed E-state index contributed by atoms with van der Waals surface area (Å²) in [7, 11) is 1.17. The van der Waals surface area contributed by atoms with Crippen molar-refractivity contribution < 1.29 is 13.2 Å². The molecule has 18 heavy (non-hydrogen) atoms. The molecule has 0 spiro atoms. The van der Waals surface area contributed by atoms with Crippen LogP contribution >= 0.6 is 11.6 Å². The molecule has 0 aliphatic heterocycles. The van der Waals surface area contributed by atoms with E-state index in [1.807, 2.05) is 13.8 Å². The SMILES string of the molecule is CC.CCC.Cn1nc(CN)c(Cl)c1C(F)(F)F. The zero-order valence-corrected chi connectivity index (χ0v) is 12.2. The van der Waals surface area contributed by atoms with Gasteiger partial charge >= 0.3 is 6.18 Å². The third-order valence-corrected chi connectivity index (χ3v) is 1.91. The molecule has 1 heterocycles. The lowest BCUT2D eigenvalue weighted by Gasteiger charge is -2.06. The monoisotopic (exact) mass is 287 g/mol. The number of aryl methyl sites for hydroxylation is 1. The fourth-order valence-electron chi connectivity index (χ4n) is 0.992. The van der Waals surface area contributed by atoms with E-state index >= 15 is 0 Å². The van der Waals surface area contributed by atoms with Crippen LogP contribution in [0.1, 0.15) is 45.5 Å². The van der Waals surface area contributed by atoms with E-state index in [1.165, 1.54) is 13.5 Å². The Kier molecular flexibility index (Phi) is 10.0. The maximum Gasteiger partial charge on any atom is 0.434 e. The molecule has 108 valence electrons. The van der Waals surface area contributed by atoms with E-state index in [0.717, 1.165) is 0 Å². The molecule has 0 aliphatic rings. The van der Waals surface area contributed by atoms with Crippen LogP contribution in [0.15, 0.2) is 0 Å². The number of rotatable bonds is 1. The molecule has 1 rings (SSSR count). The van der Waals surface area contributed by atoms with Gasteiger partial charge in [-0.1, -0.05) is 45.7 Å². The minimum Gasteiger partial charge on any atom is -0.325 e. The van der Waals surface area contributed by atoms with Gasteiger partial charge in [0.25, 0.3) is 0 Å². The summed E-state index contributed by atoms with van der Waals surface area (Å²) in [6, 6.07) is 0. The number of alkyl halides is 3. The van der Waals surface area contributed by atoms with Crippen LogP contribution in [0.25, 0.3) is 0 Å². The van der Waals surface area contributed by atoms with Gasteiger partial charge in [-0.25, -0.2) is 0 Å². The number of halogens is 4. The van der Waals surface area contributed by atoms with E-state index < -0.39 is 16.9 Å². The summed E-state index contributed by atoms with van der Waals surface area (Å²) in [6.07, 6.45) is -3.24. The van der Waals surface area contributed by atoms with Gasteiger partial charge < -0.3 is 5.73 Å². The van der Waals surface area contributed by atoms with Crippen molar-refractivity contribution in [1.82, 2.24) is 9.78 Å². The van der Waals surface area contributed by atoms with Crippen molar-refractivity contribution >= 4 is 11.6 Å². The fourth-order valence-corrected chi connectivity index (χ4v) is 1.34. The molecule has 2 N–H and O–H groups in total. The van der Waals surface area contributed by atoms with Crippen LogP contribution in [-0.2, 0) is 19.8 Å². The van der Waals surface area contributed by atoms with E-state index in [9.17, 15) is 13.2 Å². The molecular formula is C11H21ClF3N3. The molecule has 0 aromatic carbocycles. The topological polar surface area (TPSA) is 43.8 Å². The van der Waals surface area contributed by atoms with Gasteiger partial charge in [0.05, 0.1) is 10.7 Å². The molecule has 0 bridgehead atoms. The van der Waals surface area contributed by atoms with Gasteiger partial charge in [0.1, 0.15) is 0 Å². The molecule has 0 atom stereocenters. The van der Waals surface area contributed by atoms with Gasteiger partial charge in [-0.15, -0.1) is 0 Å². The Hall–Kier alpha value is -0.750. The van der Waals surface area contributed by atoms with E-state index in [-0.39, 0.29) is 12.2 Å². The van der Waals surface area contributed by atoms with Crippen molar-refractivity contribution in [2.24, 2.45) is 12.8 Å². The Balaban J connectivity index is 0. The third kappa shape index (κ3) is 5.73. The second-order valence-corrected chi connectivity index (χ2v) is 3.52. The summed E-state index contributed by atoms with van der Waals surface area (Å²) in [5, 5.41) is 3.12. The normalized spacial score (nSPS) is 10.1. The van der Waals surface area contributed by atoms with Gasteiger partial charge in [-0.05, 0) is 0 Å². The second-order valence-electron chi connectivity index (χ2n) is 3.14. The fraction of sp³-hybridized carbons (Fsp3) is 0.727. The molecule has 0 fully saturated rings. The first-order valence-electron chi connectivity index (χ1n) is 5.78. The minimum absolute atomic E-state index is 0.0523. The number of aromatic nitrogens is 2. The largest absolute Gasteiger partial charge is 0.434 e. The Labute approximate surface area is 111 Å². The molecule has 0 unspecified atom stereocenters. The highest BCUT2D eigenvalue weighted by Crippen LogP contribution is 2.35. The van der Waals surface area contributed by atoms with E-state index in [0.29, 0.717) is 4.68 Å². The molecular weight excluding hydrogens is 267 g/mol. The van der Waals surface area contributed by atoms with Gasteiger partial charge in [-0.2, -0.15) is 18.3 Å². The summed E-state index contributed by atoms with van der Waals surface area (Å²) in [5.41, 5.74) is 4.24. The molecule has 0 aliphatic carbocycles. The highest BCUT2D eigenvalue weighted by Gasteiger charge is 2.38. The number of nitrogens with two attached hydrogens (primary N) is 1. The van der Waals surface area contributed by atoms with E-state index in [2.05, 4.69) is 18.9 Å². The van der Waals surface area contributed by atoms with Crippen molar-refractivity contribution in [3.63, 3.8) is 0 Å².